The Kier molecular flexibility index (Phi) is 4.58. The normalized spacial score (nSPS) is 11.2. The van der Waals surface area contributed by atoms with Crippen molar-refractivity contribution in [1.29, 1.82) is 0 Å². The molecule has 1 aromatic rings. The summed E-state index contributed by atoms with van der Waals surface area (Å²) >= 11 is 0. The zero-order valence-corrected chi connectivity index (χ0v) is 11.6. The number of ketones is 1. The van der Waals surface area contributed by atoms with Crippen LogP contribution in [0.15, 0.2) is 17.1 Å². The molecule has 0 fully saturated rings. The third-order valence-corrected chi connectivity index (χ3v) is 2.81. The predicted molar refractivity (Wildman–Crippen MR) is 68.7 cm³/mol. The van der Waals surface area contributed by atoms with Crippen molar-refractivity contribution < 1.29 is 14.3 Å². The maximum atomic E-state index is 12.1. The lowest BCUT2D eigenvalue weighted by molar-refractivity contribution is -0.158. The van der Waals surface area contributed by atoms with Gasteiger partial charge in [-0.25, -0.2) is 4.79 Å². The molecule has 0 spiro atoms. The SMILES string of the molecule is CCOC(=O)C(C)(C)C(=O)Cn1ccc(C)nc1=O. The highest BCUT2D eigenvalue weighted by molar-refractivity contribution is 6.02. The number of nitrogens with zero attached hydrogens (tertiary/aromatic N) is 2. The largest absolute Gasteiger partial charge is 0.465 e. The number of aromatic nitrogens is 2. The standard InChI is InChI=1S/C13H18N2O4/c1-5-19-11(17)13(3,4)10(16)8-15-7-6-9(2)14-12(15)18/h6-7H,5,8H2,1-4H3. The van der Waals surface area contributed by atoms with E-state index in [1.807, 2.05) is 0 Å². The summed E-state index contributed by atoms with van der Waals surface area (Å²) in [6.07, 6.45) is 1.49. The highest BCUT2D eigenvalue weighted by Crippen LogP contribution is 2.19. The van der Waals surface area contributed by atoms with Crippen molar-refractivity contribution in [3.8, 4) is 0 Å². The van der Waals surface area contributed by atoms with Gasteiger partial charge >= 0.3 is 11.7 Å². The molecule has 0 aliphatic carbocycles. The number of esters is 1. The van der Waals surface area contributed by atoms with Crippen molar-refractivity contribution in [2.75, 3.05) is 6.61 Å². The molecule has 19 heavy (non-hydrogen) atoms. The minimum Gasteiger partial charge on any atom is -0.465 e. The maximum absolute atomic E-state index is 12.1. The zero-order valence-electron chi connectivity index (χ0n) is 11.6. The van der Waals surface area contributed by atoms with E-state index in [0.29, 0.717) is 5.69 Å². The fraction of sp³-hybridized carbons (Fsp3) is 0.538. The lowest BCUT2D eigenvalue weighted by Crippen LogP contribution is -2.39. The molecule has 6 heteroatoms. The zero-order chi connectivity index (χ0) is 14.6. The van der Waals surface area contributed by atoms with E-state index in [2.05, 4.69) is 4.98 Å². The molecule has 0 saturated carbocycles. The molecule has 0 bridgehead atoms. The van der Waals surface area contributed by atoms with Crippen LogP contribution in [0.2, 0.25) is 0 Å². The minimum absolute atomic E-state index is 0.197. The van der Waals surface area contributed by atoms with Crippen molar-refractivity contribution in [3.63, 3.8) is 0 Å². The molecule has 0 aromatic carbocycles. The Morgan fingerprint density at radius 3 is 2.58 bits per heavy atom. The summed E-state index contributed by atoms with van der Waals surface area (Å²) < 4.78 is 6.03. The van der Waals surface area contributed by atoms with Crippen LogP contribution in [0.1, 0.15) is 26.5 Å². The van der Waals surface area contributed by atoms with E-state index >= 15 is 0 Å². The van der Waals surface area contributed by atoms with Gasteiger partial charge in [0.15, 0.2) is 5.78 Å². The second kappa shape index (κ2) is 5.77. The van der Waals surface area contributed by atoms with E-state index in [1.54, 1.807) is 19.9 Å². The quantitative estimate of drug-likeness (QED) is 0.579. The first kappa shape index (κ1) is 15.1. The van der Waals surface area contributed by atoms with Crippen LogP contribution in [-0.2, 0) is 20.9 Å². The summed E-state index contributed by atoms with van der Waals surface area (Å²) in [7, 11) is 0. The third kappa shape index (κ3) is 3.49. The number of aryl methyl sites for hydroxylation is 1. The van der Waals surface area contributed by atoms with Crippen LogP contribution >= 0.6 is 0 Å². The number of Topliss-reactive ketones (excluding diaryl/α,β-unsaturated/α-hetero) is 1. The van der Waals surface area contributed by atoms with Crippen LogP contribution in [-0.4, -0.2) is 27.9 Å². The van der Waals surface area contributed by atoms with E-state index in [1.165, 1.54) is 24.6 Å². The summed E-state index contributed by atoms with van der Waals surface area (Å²) in [4.78, 5) is 39.1. The molecule has 104 valence electrons. The number of carbonyl (C=O) groups is 2. The van der Waals surface area contributed by atoms with Gasteiger partial charge in [-0.05, 0) is 33.8 Å². The Bertz CT molecular complexity index is 546. The van der Waals surface area contributed by atoms with Gasteiger partial charge in [0.25, 0.3) is 0 Å². The molecule has 0 atom stereocenters. The van der Waals surface area contributed by atoms with Crippen molar-refractivity contribution in [3.05, 3.63) is 28.4 Å². The molecule has 0 amide bonds. The summed E-state index contributed by atoms with van der Waals surface area (Å²) in [6, 6.07) is 1.63. The van der Waals surface area contributed by atoms with Gasteiger partial charge in [0.1, 0.15) is 5.41 Å². The Balaban J connectivity index is 2.90. The van der Waals surface area contributed by atoms with Crippen LogP contribution in [0, 0.1) is 12.3 Å². The summed E-state index contributed by atoms with van der Waals surface area (Å²) in [6.45, 7) is 6.35. The average Bonchev–Trinajstić information content (AvgIpc) is 2.32. The van der Waals surface area contributed by atoms with Crippen LogP contribution in [0.4, 0.5) is 0 Å². The molecule has 0 aliphatic heterocycles. The van der Waals surface area contributed by atoms with E-state index in [-0.39, 0.29) is 13.2 Å². The van der Waals surface area contributed by atoms with Gasteiger partial charge in [0, 0.05) is 11.9 Å². The summed E-state index contributed by atoms with van der Waals surface area (Å²) in [5.41, 5.74) is -1.20. The van der Waals surface area contributed by atoms with E-state index in [9.17, 15) is 14.4 Å². The number of ether oxygens (including phenoxy) is 1. The number of carbonyl (C=O) groups excluding carboxylic acids is 2. The Morgan fingerprint density at radius 2 is 2.05 bits per heavy atom. The number of hydrogen-bond donors (Lipinski definition) is 0. The van der Waals surface area contributed by atoms with Crippen molar-refractivity contribution >= 4 is 11.8 Å². The second-order valence-corrected chi connectivity index (χ2v) is 4.75. The van der Waals surface area contributed by atoms with Gasteiger partial charge in [-0.1, -0.05) is 0 Å². The third-order valence-electron chi connectivity index (χ3n) is 2.81. The van der Waals surface area contributed by atoms with Crippen LogP contribution in [0.5, 0.6) is 0 Å². The summed E-state index contributed by atoms with van der Waals surface area (Å²) in [5.74, 6) is -0.980. The highest BCUT2D eigenvalue weighted by Gasteiger charge is 2.37. The van der Waals surface area contributed by atoms with Crippen molar-refractivity contribution in [2.24, 2.45) is 5.41 Å². The summed E-state index contributed by atoms with van der Waals surface area (Å²) in [5, 5.41) is 0. The molecule has 6 nitrogen and oxygen atoms in total. The number of hydrogen-bond acceptors (Lipinski definition) is 5. The fourth-order valence-corrected chi connectivity index (χ4v) is 1.41. The van der Waals surface area contributed by atoms with Gasteiger partial charge in [0.05, 0.1) is 13.2 Å². The molecule has 0 saturated heterocycles. The van der Waals surface area contributed by atoms with Crippen LogP contribution < -0.4 is 5.69 Å². The molecular formula is C13H18N2O4. The molecule has 0 aliphatic rings. The second-order valence-electron chi connectivity index (χ2n) is 4.75. The molecule has 0 unspecified atom stereocenters. The lowest BCUT2D eigenvalue weighted by atomic mass is 9.88. The van der Waals surface area contributed by atoms with Crippen molar-refractivity contribution in [1.82, 2.24) is 9.55 Å². The maximum Gasteiger partial charge on any atom is 0.348 e. The topological polar surface area (TPSA) is 78.3 Å². The lowest BCUT2D eigenvalue weighted by Gasteiger charge is -2.21. The number of rotatable bonds is 5. The molecular weight excluding hydrogens is 248 g/mol. The van der Waals surface area contributed by atoms with Gasteiger partial charge < -0.3 is 4.74 Å². The van der Waals surface area contributed by atoms with E-state index in [0.717, 1.165) is 0 Å². The molecule has 0 radical (unpaired) electrons. The van der Waals surface area contributed by atoms with Gasteiger partial charge in [-0.3, -0.25) is 14.2 Å². The monoisotopic (exact) mass is 266 g/mol. The smallest absolute Gasteiger partial charge is 0.348 e. The predicted octanol–water partition coefficient (Wildman–Crippen LogP) is 0.710. The van der Waals surface area contributed by atoms with Crippen molar-refractivity contribution in [2.45, 2.75) is 34.2 Å². The van der Waals surface area contributed by atoms with E-state index in [4.69, 9.17) is 4.74 Å². The van der Waals surface area contributed by atoms with Gasteiger partial charge in [0.2, 0.25) is 0 Å². The average molecular weight is 266 g/mol. The van der Waals surface area contributed by atoms with E-state index < -0.39 is 22.9 Å². The molecule has 1 heterocycles. The Morgan fingerprint density at radius 1 is 1.42 bits per heavy atom. The molecule has 0 N–H and O–H groups in total. The highest BCUT2D eigenvalue weighted by atomic mass is 16.5. The van der Waals surface area contributed by atoms with Crippen LogP contribution in [0.3, 0.4) is 0 Å². The molecule has 1 aromatic heterocycles. The first-order valence-corrected chi connectivity index (χ1v) is 6.03. The van der Waals surface area contributed by atoms with Gasteiger partial charge in [-0.2, -0.15) is 4.98 Å². The molecule has 1 rings (SSSR count). The first-order chi connectivity index (χ1) is 8.78. The Labute approximate surface area is 111 Å². The first-order valence-electron chi connectivity index (χ1n) is 6.03. The minimum atomic E-state index is -1.28. The Hall–Kier alpha value is -1.98. The fourth-order valence-electron chi connectivity index (χ4n) is 1.41. The van der Waals surface area contributed by atoms with Gasteiger partial charge in [-0.15, -0.1) is 0 Å². The van der Waals surface area contributed by atoms with Crippen LogP contribution in [0.25, 0.3) is 0 Å².